The Kier molecular flexibility index (Phi) is 4.37. The van der Waals surface area contributed by atoms with Gasteiger partial charge >= 0.3 is 6.09 Å². The first kappa shape index (κ1) is 12.1. The van der Waals surface area contributed by atoms with Gasteiger partial charge < -0.3 is 10.5 Å². The molecule has 0 spiro atoms. The van der Waals surface area contributed by atoms with Gasteiger partial charge in [0, 0.05) is 5.56 Å². The fourth-order valence-electron chi connectivity index (χ4n) is 1.36. The molecule has 1 unspecified atom stereocenters. The van der Waals surface area contributed by atoms with Gasteiger partial charge in [-0.15, -0.1) is 6.42 Å². The molecule has 0 aliphatic rings. The summed E-state index contributed by atoms with van der Waals surface area (Å²) in [6, 6.07) is 7.54. The van der Waals surface area contributed by atoms with E-state index < -0.39 is 12.3 Å². The quantitative estimate of drug-likeness (QED) is 0.591. The molecule has 1 aromatic carbocycles. The van der Waals surface area contributed by atoms with Crippen molar-refractivity contribution >= 4 is 6.09 Å². The number of ether oxygens (including phenoxy) is 1. The number of carbonyl (C=O) groups is 1. The molecular weight excluding hydrogens is 204 g/mol. The van der Waals surface area contributed by atoms with Crippen LogP contribution in [0.25, 0.3) is 0 Å². The normalized spacial score (nSPS) is 11.5. The van der Waals surface area contributed by atoms with Crippen LogP contribution < -0.4 is 11.1 Å². The zero-order chi connectivity index (χ0) is 12.0. The van der Waals surface area contributed by atoms with Gasteiger partial charge in [0.25, 0.3) is 0 Å². The average Bonchev–Trinajstić information content (AvgIpc) is 2.24. The van der Waals surface area contributed by atoms with E-state index in [1.54, 1.807) is 0 Å². The molecule has 4 nitrogen and oxygen atoms in total. The third-order valence-corrected chi connectivity index (χ3v) is 2.09. The Labute approximate surface area is 94.8 Å². The minimum absolute atomic E-state index is 0.298. The van der Waals surface area contributed by atoms with Crippen molar-refractivity contribution in [2.24, 2.45) is 5.73 Å². The number of benzene rings is 1. The van der Waals surface area contributed by atoms with E-state index in [1.165, 1.54) is 0 Å². The summed E-state index contributed by atoms with van der Waals surface area (Å²) in [5, 5.41) is 2.90. The molecule has 0 fully saturated rings. The van der Waals surface area contributed by atoms with Gasteiger partial charge in [-0.2, -0.15) is 0 Å². The van der Waals surface area contributed by atoms with Crippen LogP contribution in [0.4, 0.5) is 4.79 Å². The first-order valence-electron chi connectivity index (χ1n) is 4.83. The van der Waals surface area contributed by atoms with E-state index in [2.05, 4.69) is 11.2 Å². The maximum absolute atomic E-state index is 10.8. The predicted molar refractivity (Wildman–Crippen MR) is 61.4 cm³/mol. The van der Waals surface area contributed by atoms with Crippen LogP contribution in [0.1, 0.15) is 17.4 Å². The van der Waals surface area contributed by atoms with Crippen molar-refractivity contribution in [1.29, 1.82) is 0 Å². The van der Waals surface area contributed by atoms with E-state index in [9.17, 15) is 4.79 Å². The van der Waals surface area contributed by atoms with E-state index in [-0.39, 0.29) is 0 Å². The number of nitrogens with one attached hydrogen (secondary N) is 1. The Morgan fingerprint density at radius 2 is 2.31 bits per heavy atom. The number of nitrogens with two attached hydrogens (primary N) is 1. The molecule has 0 radical (unpaired) electrons. The van der Waals surface area contributed by atoms with Crippen molar-refractivity contribution in [3.63, 3.8) is 0 Å². The molecule has 0 saturated heterocycles. The summed E-state index contributed by atoms with van der Waals surface area (Å²) in [5.41, 5.74) is 6.84. The lowest BCUT2D eigenvalue weighted by Gasteiger charge is -2.18. The van der Waals surface area contributed by atoms with Gasteiger partial charge in [0.15, 0.2) is 6.23 Å². The number of carbonyl (C=O) groups excluding carboxylic acids is 1. The standard InChI is InChI=1S/C12H14N2O2/c1-3-8-14-11(16-12(13)15)10-7-5-4-6-9(10)2/h1,4-7,11,14H,8H2,2H3,(H2,13,15). The molecule has 0 heterocycles. The number of hydrogen-bond acceptors (Lipinski definition) is 3. The van der Waals surface area contributed by atoms with Crippen LogP contribution in [0, 0.1) is 19.3 Å². The van der Waals surface area contributed by atoms with Gasteiger partial charge in [-0.1, -0.05) is 30.2 Å². The van der Waals surface area contributed by atoms with Gasteiger partial charge in [0.2, 0.25) is 0 Å². The third-order valence-electron chi connectivity index (χ3n) is 2.09. The molecule has 1 rings (SSSR count). The molecule has 0 bridgehead atoms. The highest BCUT2D eigenvalue weighted by Crippen LogP contribution is 2.18. The topological polar surface area (TPSA) is 64.3 Å². The molecular formula is C12H14N2O2. The van der Waals surface area contributed by atoms with Crippen LogP contribution in [0.2, 0.25) is 0 Å². The summed E-state index contributed by atoms with van der Waals surface area (Å²) in [6.45, 7) is 2.22. The molecule has 0 saturated carbocycles. The van der Waals surface area contributed by atoms with Crippen molar-refractivity contribution in [2.45, 2.75) is 13.2 Å². The summed E-state index contributed by atoms with van der Waals surface area (Å²) in [4.78, 5) is 10.8. The van der Waals surface area contributed by atoms with Crippen LogP contribution in [-0.2, 0) is 4.74 Å². The van der Waals surface area contributed by atoms with Gasteiger partial charge in [-0.25, -0.2) is 4.79 Å². The third kappa shape index (κ3) is 3.30. The van der Waals surface area contributed by atoms with Crippen molar-refractivity contribution in [2.75, 3.05) is 6.54 Å². The summed E-state index contributed by atoms with van der Waals surface area (Å²) in [7, 11) is 0. The van der Waals surface area contributed by atoms with Crippen molar-refractivity contribution in [3.8, 4) is 12.3 Å². The van der Waals surface area contributed by atoms with Crippen molar-refractivity contribution in [1.82, 2.24) is 5.32 Å². The minimum atomic E-state index is -0.835. The zero-order valence-electron chi connectivity index (χ0n) is 9.07. The van der Waals surface area contributed by atoms with E-state index in [0.717, 1.165) is 11.1 Å². The van der Waals surface area contributed by atoms with Crippen molar-refractivity contribution < 1.29 is 9.53 Å². The highest BCUT2D eigenvalue weighted by molar-refractivity contribution is 5.65. The molecule has 84 valence electrons. The van der Waals surface area contributed by atoms with Gasteiger partial charge in [0.1, 0.15) is 0 Å². The van der Waals surface area contributed by atoms with E-state index in [4.69, 9.17) is 16.9 Å². The second kappa shape index (κ2) is 5.79. The number of amides is 1. The number of primary amides is 1. The van der Waals surface area contributed by atoms with Crippen LogP contribution in [-0.4, -0.2) is 12.6 Å². The first-order chi connectivity index (χ1) is 7.65. The molecule has 1 aromatic rings. The maximum Gasteiger partial charge on any atom is 0.406 e. The number of rotatable bonds is 4. The van der Waals surface area contributed by atoms with Gasteiger partial charge in [-0.3, -0.25) is 5.32 Å². The molecule has 4 heteroatoms. The molecule has 1 amide bonds. The fraction of sp³-hybridized carbons (Fsp3) is 0.250. The number of hydrogen-bond donors (Lipinski definition) is 2. The Balaban J connectivity index is 2.87. The number of aryl methyl sites for hydroxylation is 1. The smallest absolute Gasteiger partial charge is 0.406 e. The molecule has 16 heavy (non-hydrogen) atoms. The Bertz CT molecular complexity index is 410. The molecule has 0 aromatic heterocycles. The highest BCUT2D eigenvalue weighted by Gasteiger charge is 2.15. The van der Waals surface area contributed by atoms with E-state index >= 15 is 0 Å². The summed E-state index contributed by atoms with van der Waals surface area (Å²) in [5.74, 6) is 2.42. The van der Waals surface area contributed by atoms with E-state index in [1.807, 2.05) is 31.2 Å². The lowest BCUT2D eigenvalue weighted by molar-refractivity contribution is 0.0881. The Hall–Kier alpha value is -1.99. The molecule has 1 atom stereocenters. The highest BCUT2D eigenvalue weighted by atomic mass is 16.6. The second-order valence-corrected chi connectivity index (χ2v) is 3.26. The van der Waals surface area contributed by atoms with Crippen molar-refractivity contribution in [3.05, 3.63) is 35.4 Å². The maximum atomic E-state index is 10.8. The predicted octanol–water partition coefficient (Wildman–Crippen LogP) is 1.31. The van der Waals surface area contributed by atoms with Crippen LogP contribution >= 0.6 is 0 Å². The Morgan fingerprint density at radius 3 is 2.88 bits per heavy atom. The lowest BCUT2D eigenvalue weighted by atomic mass is 10.1. The summed E-state index contributed by atoms with van der Waals surface area (Å²) < 4.78 is 4.95. The molecule has 0 aliphatic heterocycles. The SMILES string of the molecule is C#CCNC(OC(N)=O)c1ccccc1C. The Morgan fingerprint density at radius 1 is 1.62 bits per heavy atom. The monoisotopic (exact) mass is 218 g/mol. The van der Waals surface area contributed by atoms with Crippen LogP contribution in [0.3, 0.4) is 0 Å². The molecule has 3 N–H and O–H groups in total. The average molecular weight is 218 g/mol. The van der Waals surface area contributed by atoms with Crippen LogP contribution in [0.5, 0.6) is 0 Å². The summed E-state index contributed by atoms with van der Waals surface area (Å²) in [6.07, 6.45) is 3.70. The minimum Gasteiger partial charge on any atom is -0.426 e. The largest absolute Gasteiger partial charge is 0.426 e. The fourth-order valence-corrected chi connectivity index (χ4v) is 1.36. The number of terminal acetylenes is 1. The van der Waals surface area contributed by atoms with Gasteiger partial charge in [0.05, 0.1) is 6.54 Å². The van der Waals surface area contributed by atoms with Crippen LogP contribution in [0.15, 0.2) is 24.3 Å². The summed E-state index contributed by atoms with van der Waals surface area (Å²) >= 11 is 0. The molecule has 0 aliphatic carbocycles. The zero-order valence-corrected chi connectivity index (χ0v) is 9.07. The lowest BCUT2D eigenvalue weighted by Crippen LogP contribution is -2.29. The van der Waals surface area contributed by atoms with E-state index in [0.29, 0.717) is 6.54 Å². The first-order valence-corrected chi connectivity index (χ1v) is 4.83. The van der Waals surface area contributed by atoms with Gasteiger partial charge in [-0.05, 0) is 12.5 Å². The second-order valence-electron chi connectivity index (χ2n) is 3.26.